The van der Waals surface area contributed by atoms with Crippen molar-refractivity contribution in [2.24, 2.45) is 5.92 Å². The van der Waals surface area contributed by atoms with E-state index < -0.39 is 17.9 Å². The average Bonchev–Trinajstić information content (AvgIpc) is 2.80. The molecule has 120 valence electrons. The molecule has 0 saturated carbocycles. The smallest absolute Gasteiger partial charge is 0.326 e. The molecule has 2 aromatic heterocycles. The molecule has 0 radical (unpaired) electrons. The first-order valence-electron chi connectivity index (χ1n) is 6.77. The van der Waals surface area contributed by atoms with Gasteiger partial charge in [-0.3, -0.25) is 4.79 Å². The van der Waals surface area contributed by atoms with Crippen molar-refractivity contribution < 1.29 is 19.1 Å². The van der Waals surface area contributed by atoms with Gasteiger partial charge in [0.2, 0.25) is 0 Å². The lowest BCUT2D eigenvalue weighted by Crippen LogP contribution is -2.41. The Labute approximate surface area is 134 Å². The Kier molecular flexibility index (Phi) is 5.93. The Morgan fingerprint density at radius 2 is 2.05 bits per heavy atom. The molecule has 0 spiro atoms. The van der Waals surface area contributed by atoms with Crippen LogP contribution >= 0.6 is 12.4 Å². The third kappa shape index (κ3) is 4.21. The second-order valence-electron chi connectivity index (χ2n) is 5.44. The van der Waals surface area contributed by atoms with Crippen molar-refractivity contribution in [1.82, 2.24) is 10.3 Å². The number of pyridine rings is 1. The molecule has 7 heteroatoms. The van der Waals surface area contributed by atoms with Crippen molar-refractivity contribution in [3.8, 4) is 0 Å². The lowest BCUT2D eigenvalue weighted by atomic mass is 10.0. The summed E-state index contributed by atoms with van der Waals surface area (Å²) in [5.41, 5.74) is 1.90. The summed E-state index contributed by atoms with van der Waals surface area (Å²) in [6.07, 6.45) is 0.360. The van der Waals surface area contributed by atoms with E-state index in [-0.39, 0.29) is 24.1 Å². The fraction of sp³-hybridized carbons (Fsp3) is 0.400. The molecule has 0 unspecified atom stereocenters. The second kappa shape index (κ2) is 7.26. The minimum Gasteiger partial charge on any atom is -0.480 e. The maximum atomic E-state index is 12.1. The number of hydrogen-bond donors (Lipinski definition) is 2. The highest BCUT2D eigenvalue weighted by Crippen LogP contribution is 2.18. The number of carboxylic acid groups (broad SMARTS) is 1. The summed E-state index contributed by atoms with van der Waals surface area (Å²) < 4.78 is 5.40. The highest BCUT2D eigenvalue weighted by Gasteiger charge is 2.23. The van der Waals surface area contributed by atoms with E-state index in [9.17, 15) is 9.59 Å². The Hall–Kier alpha value is -2.08. The van der Waals surface area contributed by atoms with Gasteiger partial charge in [0.05, 0.1) is 0 Å². The van der Waals surface area contributed by atoms with Gasteiger partial charge in [-0.2, -0.15) is 0 Å². The molecular formula is C15H19ClN2O4. The van der Waals surface area contributed by atoms with Crippen LogP contribution in [0.15, 0.2) is 22.6 Å². The van der Waals surface area contributed by atoms with Crippen LogP contribution in [-0.4, -0.2) is 28.0 Å². The monoisotopic (exact) mass is 326 g/mol. The van der Waals surface area contributed by atoms with E-state index in [0.717, 1.165) is 5.69 Å². The Bertz CT molecular complexity index is 681. The van der Waals surface area contributed by atoms with Crippen molar-refractivity contribution in [2.45, 2.75) is 33.2 Å². The van der Waals surface area contributed by atoms with Crippen LogP contribution in [0.3, 0.4) is 0 Å². The molecule has 6 nitrogen and oxygen atoms in total. The number of aromatic nitrogens is 1. The Morgan fingerprint density at radius 1 is 1.36 bits per heavy atom. The molecule has 2 aromatic rings. The number of aryl methyl sites for hydroxylation is 1. The maximum Gasteiger partial charge on any atom is 0.326 e. The number of halogens is 1. The summed E-state index contributed by atoms with van der Waals surface area (Å²) in [4.78, 5) is 27.5. The minimum absolute atomic E-state index is 0. The first-order valence-corrected chi connectivity index (χ1v) is 6.77. The number of fused-ring (bicyclic) bond motifs is 1. The largest absolute Gasteiger partial charge is 0.480 e. The topological polar surface area (TPSA) is 92.4 Å². The number of carbonyl (C=O) groups excluding carboxylic acids is 1. The fourth-order valence-corrected chi connectivity index (χ4v) is 2.06. The van der Waals surface area contributed by atoms with Gasteiger partial charge in [-0.1, -0.05) is 13.8 Å². The number of furan rings is 1. The number of nitrogens with zero attached hydrogens (tertiary/aromatic N) is 1. The second-order valence-corrected chi connectivity index (χ2v) is 5.44. The third-order valence-corrected chi connectivity index (χ3v) is 3.05. The van der Waals surface area contributed by atoms with Crippen LogP contribution in [0.1, 0.15) is 36.5 Å². The van der Waals surface area contributed by atoms with Crippen LogP contribution in [-0.2, 0) is 4.79 Å². The number of nitrogens with one attached hydrogen (secondary N) is 1. The van der Waals surface area contributed by atoms with E-state index in [1.807, 2.05) is 20.8 Å². The number of amides is 1. The molecule has 2 rings (SSSR count). The van der Waals surface area contributed by atoms with E-state index in [0.29, 0.717) is 17.5 Å². The van der Waals surface area contributed by atoms with Gasteiger partial charge in [-0.25, -0.2) is 9.78 Å². The minimum atomic E-state index is -1.05. The van der Waals surface area contributed by atoms with Crippen molar-refractivity contribution in [2.75, 3.05) is 0 Å². The average molecular weight is 327 g/mol. The van der Waals surface area contributed by atoms with E-state index >= 15 is 0 Å². The van der Waals surface area contributed by atoms with Gasteiger partial charge in [0.1, 0.15) is 11.6 Å². The molecule has 0 bridgehead atoms. The molecule has 1 amide bonds. The number of rotatable bonds is 5. The van der Waals surface area contributed by atoms with Crippen molar-refractivity contribution in [1.29, 1.82) is 0 Å². The molecular weight excluding hydrogens is 308 g/mol. The van der Waals surface area contributed by atoms with Gasteiger partial charge >= 0.3 is 5.97 Å². The zero-order chi connectivity index (χ0) is 15.6. The van der Waals surface area contributed by atoms with Gasteiger partial charge in [-0.15, -0.1) is 12.4 Å². The molecule has 2 heterocycles. The summed E-state index contributed by atoms with van der Waals surface area (Å²) in [5, 5.41) is 11.6. The van der Waals surface area contributed by atoms with Gasteiger partial charge in [0.25, 0.3) is 5.91 Å². The molecule has 2 N–H and O–H groups in total. The van der Waals surface area contributed by atoms with E-state index in [4.69, 9.17) is 9.52 Å². The van der Waals surface area contributed by atoms with E-state index in [1.54, 1.807) is 12.1 Å². The number of carboxylic acids is 1. The highest BCUT2D eigenvalue weighted by molar-refractivity contribution is 5.97. The van der Waals surface area contributed by atoms with Crippen molar-refractivity contribution in [3.63, 3.8) is 0 Å². The lowest BCUT2D eigenvalue weighted by molar-refractivity contribution is -0.139. The fourth-order valence-electron chi connectivity index (χ4n) is 2.06. The highest BCUT2D eigenvalue weighted by atomic mass is 35.5. The van der Waals surface area contributed by atoms with Gasteiger partial charge < -0.3 is 14.8 Å². The third-order valence-electron chi connectivity index (χ3n) is 3.05. The van der Waals surface area contributed by atoms with E-state index in [2.05, 4.69) is 10.3 Å². The molecule has 0 aliphatic heterocycles. The van der Waals surface area contributed by atoms with Crippen LogP contribution in [0.2, 0.25) is 0 Å². The van der Waals surface area contributed by atoms with Crippen LogP contribution in [0.5, 0.6) is 0 Å². The normalized spacial score (nSPS) is 12.0. The first-order chi connectivity index (χ1) is 9.86. The maximum absolute atomic E-state index is 12.1. The number of hydrogen-bond acceptors (Lipinski definition) is 4. The van der Waals surface area contributed by atoms with E-state index in [1.165, 1.54) is 6.07 Å². The molecule has 0 fully saturated rings. The number of carbonyl (C=O) groups is 2. The SMILES string of the molecule is Cc1ccc2oc(C(=O)N[C@@H](CC(C)C)C(=O)O)cc2n1.Cl. The first kappa shape index (κ1) is 18.0. The standard InChI is InChI=1S/C15H18N2O4.ClH/c1-8(2)6-11(15(19)20)17-14(18)13-7-10-12(21-13)5-4-9(3)16-10;/h4-5,7-8,11H,6H2,1-3H3,(H,17,18)(H,19,20);1H/t11-;/m0./s1. The van der Waals surface area contributed by atoms with Crippen molar-refractivity contribution in [3.05, 3.63) is 29.7 Å². The van der Waals surface area contributed by atoms with Crippen LogP contribution in [0.4, 0.5) is 0 Å². The lowest BCUT2D eigenvalue weighted by Gasteiger charge is -2.15. The molecule has 22 heavy (non-hydrogen) atoms. The summed E-state index contributed by atoms with van der Waals surface area (Å²) in [5.74, 6) is -1.37. The zero-order valence-corrected chi connectivity index (χ0v) is 13.4. The molecule has 0 aromatic carbocycles. The van der Waals surface area contributed by atoms with Crippen LogP contribution in [0.25, 0.3) is 11.1 Å². The molecule has 0 aliphatic rings. The van der Waals surface area contributed by atoms with Crippen molar-refractivity contribution >= 4 is 35.4 Å². The molecule has 1 atom stereocenters. The quantitative estimate of drug-likeness (QED) is 0.881. The summed E-state index contributed by atoms with van der Waals surface area (Å²) in [6.45, 7) is 5.64. The Balaban J connectivity index is 0.00000242. The predicted octanol–water partition coefficient (Wildman–Crippen LogP) is 2.79. The van der Waals surface area contributed by atoms with Gasteiger partial charge in [0, 0.05) is 11.8 Å². The molecule has 0 aliphatic carbocycles. The van der Waals surface area contributed by atoms with Gasteiger partial charge in [-0.05, 0) is 31.4 Å². The van der Waals surface area contributed by atoms with Crippen LogP contribution < -0.4 is 5.32 Å². The van der Waals surface area contributed by atoms with Gasteiger partial charge in [0.15, 0.2) is 11.3 Å². The zero-order valence-electron chi connectivity index (χ0n) is 12.6. The summed E-state index contributed by atoms with van der Waals surface area (Å²) in [6, 6.07) is 4.11. The number of aliphatic carboxylic acids is 1. The summed E-state index contributed by atoms with van der Waals surface area (Å²) >= 11 is 0. The predicted molar refractivity (Wildman–Crippen MR) is 84.3 cm³/mol. The van der Waals surface area contributed by atoms with Crippen LogP contribution in [0, 0.1) is 12.8 Å². The summed E-state index contributed by atoms with van der Waals surface area (Å²) in [7, 11) is 0. The molecule has 0 saturated heterocycles. The Morgan fingerprint density at radius 3 is 2.64 bits per heavy atom.